The molecule has 0 saturated heterocycles. The van der Waals surface area contributed by atoms with Crippen LogP contribution >= 0.6 is 0 Å². The van der Waals surface area contributed by atoms with Gasteiger partial charge in [-0.05, 0) is 18.1 Å². The molecule has 1 atom stereocenters. The average Bonchev–Trinajstić information content (AvgIpc) is 2.15. The van der Waals surface area contributed by atoms with Crippen LogP contribution in [-0.2, 0) is 4.79 Å². The Hall–Kier alpha value is -1.31. The molecule has 0 aliphatic carbocycles. The molecule has 1 aromatic rings. The van der Waals surface area contributed by atoms with Crippen molar-refractivity contribution in [2.24, 2.45) is 5.92 Å². The predicted octanol–water partition coefficient (Wildman–Crippen LogP) is 2.29. The molecule has 0 amide bonds. The van der Waals surface area contributed by atoms with Gasteiger partial charge in [0.15, 0.2) is 12.4 Å². The lowest BCUT2D eigenvalue weighted by Crippen LogP contribution is -2.24. The van der Waals surface area contributed by atoms with Gasteiger partial charge >= 0.3 is 0 Å². The van der Waals surface area contributed by atoms with Crippen LogP contribution < -0.4 is 4.74 Å². The van der Waals surface area contributed by atoms with E-state index in [2.05, 4.69) is 0 Å². The summed E-state index contributed by atoms with van der Waals surface area (Å²) in [7, 11) is 0. The quantitative estimate of drug-likeness (QED) is 0.661. The molecule has 0 heterocycles. The van der Waals surface area contributed by atoms with Crippen LogP contribution in [0.5, 0.6) is 5.75 Å². The van der Waals surface area contributed by atoms with Gasteiger partial charge in [-0.3, -0.25) is 4.79 Å². The molecule has 0 radical (unpaired) electrons. The molecular weight excluding hydrogens is 164 g/mol. The Morgan fingerprint density at radius 2 is 1.85 bits per heavy atom. The van der Waals surface area contributed by atoms with Crippen LogP contribution in [0, 0.1) is 5.92 Å². The first-order valence-electron chi connectivity index (χ1n) is 4.41. The first-order chi connectivity index (χ1) is 6.24. The maximum Gasteiger partial charge on any atom is 0.160 e. The second-order valence-electron chi connectivity index (χ2n) is 3.28. The third-order valence-corrected chi connectivity index (χ3v) is 1.81. The van der Waals surface area contributed by atoms with Gasteiger partial charge in [-0.2, -0.15) is 0 Å². The molecular formula is C11H14O2. The summed E-state index contributed by atoms with van der Waals surface area (Å²) in [5, 5.41) is 0. The van der Waals surface area contributed by atoms with Crippen LogP contribution in [0.2, 0.25) is 0 Å². The Labute approximate surface area is 78.5 Å². The lowest BCUT2D eigenvalue weighted by Gasteiger charge is -2.16. The van der Waals surface area contributed by atoms with E-state index in [0.717, 1.165) is 12.0 Å². The van der Waals surface area contributed by atoms with Crippen LogP contribution in [0.25, 0.3) is 0 Å². The molecule has 0 bridgehead atoms. The highest BCUT2D eigenvalue weighted by molar-refractivity contribution is 5.57. The topological polar surface area (TPSA) is 26.3 Å². The van der Waals surface area contributed by atoms with Crippen LogP contribution in [0.1, 0.15) is 13.8 Å². The van der Waals surface area contributed by atoms with E-state index in [0.29, 0.717) is 0 Å². The van der Waals surface area contributed by atoms with Gasteiger partial charge in [0.1, 0.15) is 5.75 Å². The fraction of sp³-hybridized carbons (Fsp3) is 0.364. The molecule has 70 valence electrons. The van der Waals surface area contributed by atoms with Crippen LogP contribution in [0.4, 0.5) is 0 Å². The molecule has 0 aliphatic rings. The molecule has 0 aliphatic heterocycles. The second-order valence-corrected chi connectivity index (χ2v) is 3.28. The zero-order valence-corrected chi connectivity index (χ0v) is 7.94. The zero-order chi connectivity index (χ0) is 9.68. The monoisotopic (exact) mass is 178 g/mol. The maximum absolute atomic E-state index is 10.6. The Balaban J connectivity index is 2.62. The van der Waals surface area contributed by atoms with Crippen molar-refractivity contribution in [3.8, 4) is 5.75 Å². The van der Waals surface area contributed by atoms with Crippen molar-refractivity contribution in [1.82, 2.24) is 0 Å². The minimum absolute atomic E-state index is 0.206. The molecule has 2 heteroatoms. The van der Waals surface area contributed by atoms with Gasteiger partial charge in [-0.1, -0.05) is 32.0 Å². The maximum atomic E-state index is 10.6. The van der Waals surface area contributed by atoms with E-state index in [1.54, 1.807) is 0 Å². The van der Waals surface area contributed by atoms with Crippen molar-refractivity contribution < 1.29 is 9.53 Å². The number of para-hydroxylation sites is 1. The number of rotatable bonds is 4. The average molecular weight is 178 g/mol. The highest BCUT2D eigenvalue weighted by Crippen LogP contribution is 2.13. The number of hydrogen-bond donors (Lipinski definition) is 0. The molecule has 1 unspecified atom stereocenters. The highest BCUT2D eigenvalue weighted by atomic mass is 16.5. The van der Waals surface area contributed by atoms with Crippen molar-refractivity contribution >= 4 is 6.29 Å². The molecule has 13 heavy (non-hydrogen) atoms. The minimum atomic E-state index is -0.345. The van der Waals surface area contributed by atoms with E-state index < -0.39 is 0 Å². The second kappa shape index (κ2) is 4.65. The first-order valence-corrected chi connectivity index (χ1v) is 4.41. The van der Waals surface area contributed by atoms with E-state index in [-0.39, 0.29) is 12.0 Å². The van der Waals surface area contributed by atoms with Gasteiger partial charge in [0.25, 0.3) is 0 Å². The number of carbonyl (C=O) groups excluding carboxylic acids is 1. The Kier molecular flexibility index (Phi) is 3.50. The fourth-order valence-corrected chi connectivity index (χ4v) is 0.977. The van der Waals surface area contributed by atoms with E-state index in [1.807, 2.05) is 44.2 Å². The molecule has 0 saturated carbocycles. The van der Waals surface area contributed by atoms with Crippen molar-refractivity contribution in [3.63, 3.8) is 0 Å². The molecule has 1 aromatic carbocycles. The summed E-state index contributed by atoms with van der Waals surface area (Å²) in [5.74, 6) is 0.950. The molecule has 1 rings (SSSR count). The van der Waals surface area contributed by atoms with Gasteiger partial charge < -0.3 is 4.74 Å². The third kappa shape index (κ3) is 2.90. The Bertz CT molecular complexity index is 254. The van der Waals surface area contributed by atoms with Crippen LogP contribution in [-0.4, -0.2) is 12.4 Å². The zero-order valence-electron chi connectivity index (χ0n) is 7.94. The number of aldehydes is 1. The summed E-state index contributed by atoms with van der Waals surface area (Å²) in [4.78, 5) is 10.6. The van der Waals surface area contributed by atoms with Crippen molar-refractivity contribution in [2.75, 3.05) is 0 Å². The molecule has 0 fully saturated rings. The Morgan fingerprint density at radius 1 is 1.23 bits per heavy atom. The van der Waals surface area contributed by atoms with E-state index in [9.17, 15) is 4.79 Å². The SMILES string of the molecule is CC(C)C(C=O)Oc1ccccc1. The fourth-order valence-electron chi connectivity index (χ4n) is 0.977. The van der Waals surface area contributed by atoms with Crippen LogP contribution in [0.3, 0.4) is 0 Å². The summed E-state index contributed by atoms with van der Waals surface area (Å²) in [5.41, 5.74) is 0. The number of carbonyl (C=O) groups is 1. The predicted molar refractivity (Wildman–Crippen MR) is 51.8 cm³/mol. The summed E-state index contributed by atoms with van der Waals surface area (Å²) >= 11 is 0. The summed E-state index contributed by atoms with van der Waals surface area (Å²) < 4.78 is 5.46. The van der Waals surface area contributed by atoms with Gasteiger partial charge in [-0.25, -0.2) is 0 Å². The van der Waals surface area contributed by atoms with Gasteiger partial charge in [0, 0.05) is 0 Å². The summed E-state index contributed by atoms with van der Waals surface area (Å²) in [6.45, 7) is 3.92. The van der Waals surface area contributed by atoms with Gasteiger partial charge in [-0.15, -0.1) is 0 Å². The normalized spacial score (nSPS) is 12.5. The van der Waals surface area contributed by atoms with E-state index in [4.69, 9.17) is 4.74 Å². The van der Waals surface area contributed by atoms with Crippen molar-refractivity contribution in [1.29, 1.82) is 0 Å². The highest BCUT2D eigenvalue weighted by Gasteiger charge is 2.12. The smallest absolute Gasteiger partial charge is 0.160 e. The molecule has 0 spiro atoms. The van der Waals surface area contributed by atoms with Gasteiger partial charge in [0.2, 0.25) is 0 Å². The minimum Gasteiger partial charge on any atom is -0.483 e. The van der Waals surface area contributed by atoms with Gasteiger partial charge in [0.05, 0.1) is 0 Å². The molecule has 0 N–H and O–H groups in total. The first kappa shape index (κ1) is 9.78. The van der Waals surface area contributed by atoms with E-state index in [1.165, 1.54) is 0 Å². The molecule has 0 aromatic heterocycles. The number of hydrogen-bond acceptors (Lipinski definition) is 2. The number of benzene rings is 1. The largest absolute Gasteiger partial charge is 0.483 e. The van der Waals surface area contributed by atoms with Crippen LogP contribution in [0.15, 0.2) is 30.3 Å². The standard InChI is InChI=1S/C11H14O2/c1-9(2)11(8-12)13-10-6-4-3-5-7-10/h3-9,11H,1-2H3. The van der Waals surface area contributed by atoms with E-state index >= 15 is 0 Å². The van der Waals surface area contributed by atoms with Crippen molar-refractivity contribution in [3.05, 3.63) is 30.3 Å². The summed E-state index contributed by atoms with van der Waals surface area (Å²) in [6.07, 6.45) is 0.500. The van der Waals surface area contributed by atoms with Crippen molar-refractivity contribution in [2.45, 2.75) is 20.0 Å². The number of ether oxygens (including phenoxy) is 1. The lowest BCUT2D eigenvalue weighted by atomic mass is 10.1. The summed E-state index contributed by atoms with van der Waals surface area (Å²) in [6, 6.07) is 9.38. The molecule has 2 nitrogen and oxygen atoms in total. The lowest BCUT2D eigenvalue weighted by molar-refractivity contribution is -0.115. The third-order valence-electron chi connectivity index (χ3n) is 1.81. The Morgan fingerprint density at radius 3 is 2.31 bits per heavy atom.